The maximum absolute atomic E-state index is 13.9. The van der Waals surface area contributed by atoms with Crippen molar-refractivity contribution in [3.63, 3.8) is 0 Å². The normalized spacial score (nSPS) is 14.4. The number of thiazole rings is 1. The SMILES string of the molecule is C=CCOc1ccc([C@@H]2c3c(oc4ccccc4c3=O)C(=O)N2c2nc(C)c(C(=O)OCC)s2)cc1OCC. The number of hydrogen-bond donors (Lipinski definition) is 0. The van der Waals surface area contributed by atoms with E-state index in [2.05, 4.69) is 11.6 Å². The molecule has 3 heterocycles. The lowest BCUT2D eigenvalue weighted by molar-refractivity contribution is 0.0531. The third-order valence-electron chi connectivity index (χ3n) is 6.17. The summed E-state index contributed by atoms with van der Waals surface area (Å²) >= 11 is 1.03. The van der Waals surface area contributed by atoms with Crippen LogP contribution >= 0.6 is 11.3 Å². The van der Waals surface area contributed by atoms with Crippen LogP contribution in [0.15, 0.2) is 64.3 Å². The number of aromatic nitrogens is 1. The molecule has 0 saturated carbocycles. The Labute approximate surface area is 228 Å². The number of nitrogens with zero attached hydrogens (tertiary/aromatic N) is 2. The van der Waals surface area contributed by atoms with E-state index in [9.17, 15) is 14.4 Å². The number of carbonyl (C=O) groups excluding carboxylic acids is 2. The molecule has 2 aromatic carbocycles. The van der Waals surface area contributed by atoms with Crippen LogP contribution in [0.5, 0.6) is 11.5 Å². The van der Waals surface area contributed by atoms with Gasteiger partial charge in [-0.3, -0.25) is 14.5 Å². The Balaban J connectivity index is 1.73. The second-order valence-corrected chi connectivity index (χ2v) is 9.60. The van der Waals surface area contributed by atoms with Crippen LogP contribution in [-0.4, -0.2) is 36.7 Å². The lowest BCUT2D eigenvalue weighted by Crippen LogP contribution is -2.29. The summed E-state index contributed by atoms with van der Waals surface area (Å²) in [7, 11) is 0. The van der Waals surface area contributed by atoms with E-state index < -0.39 is 17.9 Å². The standard InChI is InChI=1S/C29H26N2O7S/c1-5-14-37-20-13-12-17(15-21(20)35-6-2)23-22-24(32)18-10-8-9-11-19(18)38-25(22)27(33)31(23)29-30-16(4)26(39-29)28(34)36-7-3/h5,8-13,15,23H,1,6-7,14H2,2-4H3/t23-/m1/s1. The molecule has 5 rings (SSSR count). The number of benzene rings is 2. The molecule has 10 heteroatoms. The summed E-state index contributed by atoms with van der Waals surface area (Å²) in [6.45, 7) is 9.77. The van der Waals surface area contributed by atoms with Crippen LogP contribution in [0.4, 0.5) is 5.13 Å². The number of hydrogen-bond acceptors (Lipinski definition) is 9. The quantitative estimate of drug-likeness (QED) is 0.202. The van der Waals surface area contributed by atoms with Gasteiger partial charge in [0.05, 0.1) is 35.9 Å². The van der Waals surface area contributed by atoms with Crippen molar-refractivity contribution in [1.82, 2.24) is 4.98 Å². The predicted molar refractivity (Wildman–Crippen MR) is 147 cm³/mol. The van der Waals surface area contributed by atoms with Gasteiger partial charge in [-0.15, -0.1) is 0 Å². The maximum Gasteiger partial charge on any atom is 0.350 e. The second kappa shape index (κ2) is 10.7. The third-order valence-corrected chi connectivity index (χ3v) is 7.31. The van der Waals surface area contributed by atoms with Crippen molar-refractivity contribution < 1.29 is 28.2 Å². The molecule has 1 aliphatic rings. The van der Waals surface area contributed by atoms with Crippen LogP contribution in [0, 0.1) is 6.92 Å². The summed E-state index contributed by atoms with van der Waals surface area (Å²) in [5, 5.41) is 0.597. The van der Waals surface area contributed by atoms with E-state index in [0.717, 1.165) is 11.3 Å². The Kier molecular flexibility index (Phi) is 7.21. The summed E-state index contributed by atoms with van der Waals surface area (Å²) in [5.74, 6) is -0.185. The molecule has 39 heavy (non-hydrogen) atoms. The average Bonchev–Trinajstić information content (AvgIpc) is 3.45. The molecule has 1 amide bonds. The van der Waals surface area contributed by atoms with Gasteiger partial charge in [0.2, 0.25) is 5.76 Å². The van der Waals surface area contributed by atoms with Crippen LogP contribution in [0.25, 0.3) is 11.0 Å². The van der Waals surface area contributed by atoms with Gasteiger partial charge in [0.25, 0.3) is 5.91 Å². The van der Waals surface area contributed by atoms with Crippen LogP contribution < -0.4 is 19.8 Å². The number of amides is 1. The Morgan fingerprint density at radius 1 is 1.13 bits per heavy atom. The first-order valence-corrected chi connectivity index (χ1v) is 13.2. The number of fused-ring (bicyclic) bond motifs is 2. The Morgan fingerprint density at radius 2 is 1.92 bits per heavy atom. The molecule has 0 radical (unpaired) electrons. The molecule has 0 aliphatic carbocycles. The molecule has 0 unspecified atom stereocenters. The minimum Gasteiger partial charge on any atom is -0.490 e. The first-order valence-electron chi connectivity index (χ1n) is 12.4. The summed E-state index contributed by atoms with van der Waals surface area (Å²) < 4.78 is 22.7. The molecule has 0 saturated heterocycles. The van der Waals surface area contributed by atoms with Gasteiger partial charge in [-0.2, -0.15) is 0 Å². The van der Waals surface area contributed by atoms with Crippen molar-refractivity contribution in [3.05, 3.63) is 92.8 Å². The number of para-hydroxylation sites is 1. The number of ether oxygens (including phenoxy) is 3. The highest BCUT2D eigenvalue weighted by Gasteiger charge is 2.45. The van der Waals surface area contributed by atoms with Gasteiger partial charge in [-0.05, 0) is 50.6 Å². The zero-order valence-electron chi connectivity index (χ0n) is 21.7. The van der Waals surface area contributed by atoms with Gasteiger partial charge in [0.15, 0.2) is 22.1 Å². The molecule has 0 spiro atoms. The monoisotopic (exact) mass is 546 g/mol. The molecule has 4 aromatic rings. The maximum atomic E-state index is 13.9. The van der Waals surface area contributed by atoms with Crippen LogP contribution in [0.1, 0.15) is 56.9 Å². The molecule has 0 N–H and O–H groups in total. The number of aryl methyl sites for hydroxylation is 1. The fraction of sp³-hybridized carbons (Fsp3) is 0.241. The average molecular weight is 547 g/mol. The van der Waals surface area contributed by atoms with Crippen molar-refractivity contribution in [1.29, 1.82) is 0 Å². The molecule has 2 aromatic heterocycles. The van der Waals surface area contributed by atoms with Gasteiger partial charge in [0.1, 0.15) is 17.1 Å². The smallest absolute Gasteiger partial charge is 0.350 e. The van der Waals surface area contributed by atoms with Gasteiger partial charge in [-0.1, -0.05) is 42.2 Å². The third kappa shape index (κ3) is 4.57. The number of carbonyl (C=O) groups is 2. The lowest BCUT2D eigenvalue weighted by atomic mass is 9.98. The molecular formula is C29H26N2O7S. The van der Waals surface area contributed by atoms with E-state index in [1.807, 2.05) is 6.92 Å². The second-order valence-electron chi connectivity index (χ2n) is 8.62. The highest BCUT2D eigenvalue weighted by Crippen LogP contribution is 2.45. The molecular weight excluding hydrogens is 520 g/mol. The molecule has 9 nitrogen and oxygen atoms in total. The number of esters is 1. The summed E-state index contributed by atoms with van der Waals surface area (Å²) in [5.41, 5.74) is 1.18. The van der Waals surface area contributed by atoms with Gasteiger partial charge < -0.3 is 18.6 Å². The number of rotatable bonds is 9. The highest BCUT2D eigenvalue weighted by molar-refractivity contribution is 7.17. The topological polar surface area (TPSA) is 108 Å². The fourth-order valence-corrected chi connectivity index (χ4v) is 5.52. The predicted octanol–water partition coefficient (Wildman–Crippen LogP) is 5.45. The molecule has 0 fully saturated rings. The zero-order valence-corrected chi connectivity index (χ0v) is 22.5. The van der Waals surface area contributed by atoms with Crippen LogP contribution in [0.2, 0.25) is 0 Å². The Hall–Kier alpha value is -4.44. The fourth-order valence-electron chi connectivity index (χ4n) is 4.53. The lowest BCUT2D eigenvalue weighted by Gasteiger charge is -2.23. The van der Waals surface area contributed by atoms with Crippen LogP contribution in [-0.2, 0) is 4.74 Å². The van der Waals surface area contributed by atoms with Crippen molar-refractivity contribution >= 4 is 39.3 Å². The van der Waals surface area contributed by atoms with Gasteiger partial charge >= 0.3 is 5.97 Å². The summed E-state index contributed by atoms with van der Waals surface area (Å²) in [6.07, 6.45) is 1.62. The van der Waals surface area contributed by atoms with E-state index in [4.69, 9.17) is 18.6 Å². The van der Waals surface area contributed by atoms with Crippen molar-refractivity contribution in [2.75, 3.05) is 24.7 Å². The van der Waals surface area contributed by atoms with Gasteiger partial charge in [0, 0.05) is 0 Å². The minimum atomic E-state index is -0.887. The summed E-state index contributed by atoms with van der Waals surface area (Å²) in [6, 6.07) is 11.1. The first kappa shape index (κ1) is 26.2. The van der Waals surface area contributed by atoms with E-state index in [1.54, 1.807) is 62.4 Å². The largest absolute Gasteiger partial charge is 0.490 e. The van der Waals surface area contributed by atoms with E-state index in [-0.39, 0.29) is 40.0 Å². The van der Waals surface area contributed by atoms with Crippen LogP contribution in [0.3, 0.4) is 0 Å². The summed E-state index contributed by atoms with van der Waals surface area (Å²) in [4.78, 5) is 46.4. The van der Waals surface area contributed by atoms with Gasteiger partial charge in [-0.25, -0.2) is 9.78 Å². The first-order chi connectivity index (χ1) is 18.9. The van der Waals surface area contributed by atoms with Crippen molar-refractivity contribution in [2.45, 2.75) is 26.8 Å². The minimum absolute atomic E-state index is 0.0702. The van der Waals surface area contributed by atoms with E-state index >= 15 is 0 Å². The molecule has 0 bridgehead atoms. The van der Waals surface area contributed by atoms with Crippen molar-refractivity contribution in [2.24, 2.45) is 0 Å². The molecule has 200 valence electrons. The van der Waals surface area contributed by atoms with Crippen molar-refractivity contribution in [3.8, 4) is 11.5 Å². The molecule has 1 aliphatic heterocycles. The zero-order chi connectivity index (χ0) is 27.7. The Morgan fingerprint density at radius 3 is 2.67 bits per heavy atom. The van der Waals surface area contributed by atoms with E-state index in [0.29, 0.717) is 40.3 Å². The highest BCUT2D eigenvalue weighted by atomic mass is 32.1. The Bertz CT molecular complexity index is 1660. The number of anilines is 1. The molecule has 1 atom stereocenters. The van der Waals surface area contributed by atoms with E-state index in [1.165, 1.54) is 4.90 Å².